The number of carbonyl (C=O) groups is 2. The number of nitrogens with zero attached hydrogens (tertiary/aromatic N) is 4. The van der Waals surface area contributed by atoms with Gasteiger partial charge in [0.25, 0.3) is 17.4 Å². The molecule has 184 valence electrons. The molecule has 0 aliphatic carbocycles. The van der Waals surface area contributed by atoms with Gasteiger partial charge in [-0.15, -0.1) is 0 Å². The first-order valence-corrected chi connectivity index (χ1v) is 11.4. The Hall–Kier alpha value is -3.82. The summed E-state index contributed by atoms with van der Waals surface area (Å²) in [5.74, 6) is -0.792. The largest absolute Gasteiger partial charge is 0.434 e. The Morgan fingerprint density at radius 3 is 2.11 bits per heavy atom. The molecule has 35 heavy (non-hydrogen) atoms. The van der Waals surface area contributed by atoms with Gasteiger partial charge >= 0.3 is 6.61 Å². The molecule has 8 nitrogen and oxygen atoms in total. The molecule has 1 fully saturated rings. The van der Waals surface area contributed by atoms with E-state index < -0.39 is 12.5 Å². The van der Waals surface area contributed by atoms with Crippen LogP contribution < -0.4 is 10.3 Å². The van der Waals surface area contributed by atoms with Crippen molar-refractivity contribution in [3.05, 3.63) is 70.1 Å². The minimum Gasteiger partial charge on any atom is -0.434 e. The average molecular weight is 485 g/mol. The topological polar surface area (TPSA) is 84.7 Å². The Morgan fingerprint density at radius 1 is 0.914 bits per heavy atom. The SMILES string of the molecule is CC(C)Cn1nc(C(=O)N2CCN(C(=O)c3ccccc3OC(F)F)CC2)c2ccccc2c1=O. The lowest BCUT2D eigenvalue weighted by molar-refractivity contribution is -0.0503. The molecule has 0 bridgehead atoms. The Kier molecular flexibility index (Phi) is 7.09. The van der Waals surface area contributed by atoms with Crippen molar-refractivity contribution < 1.29 is 23.1 Å². The minimum atomic E-state index is -3.04. The van der Waals surface area contributed by atoms with Gasteiger partial charge in [-0.2, -0.15) is 13.9 Å². The van der Waals surface area contributed by atoms with Crippen LogP contribution in [0.5, 0.6) is 5.75 Å². The lowest BCUT2D eigenvalue weighted by Gasteiger charge is -2.35. The minimum absolute atomic E-state index is 0.0426. The molecule has 1 saturated heterocycles. The lowest BCUT2D eigenvalue weighted by atomic mass is 10.1. The molecule has 0 saturated carbocycles. The van der Waals surface area contributed by atoms with Gasteiger partial charge in [0.1, 0.15) is 5.75 Å². The zero-order valence-corrected chi connectivity index (χ0v) is 19.5. The number of rotatable bonds is 6. The molecule has 0 radical (unpaired) electrons. The first-order chi connectivity index (χ1) is 16.8. The zero-order chi connectivity index (χ0) is 25.1. The van der Waals surface area contributed by atoms with Crippen LogP contribution >= 0.6 is 0 Å². The second-order valence-corrected chi connectivity index (χ2v) is 8.73. The third kappa shape index (κ3) is 5.16. The van der Waals surface area contributed by atoms with E-state index in [1.165, 1.54) is 27.8 Å². The highest BCUT2D eigenvalue weighted by Gasteiger charge is 2.29. The number of fused-ring (bicyclic) bond motifs is 1. The van der Waals surface area contributed by atoms with Crippen molar-refractivity contribution in [2.45, 2.75) is 27.0 Å². The highest BCUT2D eigenvalue weighted by atomic mass is 19.3. The van der Waals surface area contributed by atoms with Crippen molar-refractivity contribution in [3.63, 3.8) is 0 Å². The molecule has 0 spiro atoms. The highest BCUT2D eigenvalue weighted by molar-refractivity contribution is 6.05. The van der Waals surface area contributed by atoms with Crippen molar-refractivity contribution >= 4 is 22.6 Å². The van der Waals surface area contributed by atoms with Crippen LogP contribution in [0.3, 0.4) is 0 Å². The predicted molar refractivity (Wildman–Crippen MR) is 126 cm³/mol. The van der Waals surface area contributed by atoms with E-state index in [2.05, 4.69) is 9.84 Å². The van der Waals surface area contributed by atoms with E-state index in [1.807, 2.05) is 13.8 Å². The normalized spacial score (nSPS) is 14.1. The van der Waals surface area contributed by atoms with E-state index >= 15 is 0 Å². The third-order valence-electron chi connectivity index (χ3n) is 5.80. The Labute approximate surface area is 200 Å². The number of aromatic nitrogens is 2. The molecular formula is C25H26F2N4O4. The fourth-order valence-electron chi connectivity index (χ4n) is 4.14. The molecule has 1 aliphatic rings. The van der Waals surface area contributed by atoms with Crippen molar-refractivity contribution in [2.75, 3.05) is 26.2 Å². The van der Waals surface area contributed by atoms with Crippen molar-refractivity contribution in [1.82, 2.24) is 19.6 Å². The van der Waals surface area contributed by atoms with Gasteiger partial charge in [0.05, 0.1) is 10.9 Å². The summed E-state index contributed by atoms with van der Waals surface area (Å²) < 4.78 is 31.3. The number of benzene rings is 2. The van der Waals surface area contributed by atoms with Crippen LogP contribution in [0.1, 0.15) is 34.7 Å². The third-order valence-corrected chi connectivity index (χ3v) is 5.80. The van der Waals surface area contributed by atoms with E-state index in [9.17, 15) is 23.2 Å². The van der Waals surface area contributed by atoms with E-state index in [-0.39, 0.29) is 60.6 Å². The number of halogens is 2. The van der Waals surface area contributed by atoms with Crippen LogP contribution in [-0.4, -0.2) is 64.2 Å². The summed E-state index contributed by atoms with van der Waals surface area (Å²) in [6, 6.07) is 12.7. The van der Waals surface area contributed by atoms with Crippen LogP contribution in [-0.2, 0) is 6.54 Å². The summed E-state index contributed by atoms with van der Waals surface area (Å²) in [4.78, 5) is 42.3. The maximum Gasteiger partial charge on any atom is 0.387 e. The molecule has 3 aromatic rings. The first-order valence-electron chi connectivity index (χ1n) is 11.4. The zero-order valence-electron chi connectivity index (χ0n) is 19.5. The van der Waals surface area contributed by atoms with Gasteiger partial charge in [-0.3, -0.25) is 14.4 Å². The van der Waals surface area contributed by atoms with E-state index in [4.69, 9.17) is 0 Å². The Bertz CT molecular complexity index is 1300. The van der Waals surface area contributed by atoms with Crippen LogP contribution in [0.2, 0.25) is 0 Å². The number of hydrogen-bond donors (Lipinski definition) is 0. The summed E-state index contributed by atoms with van der Waals surface area (Å²) in [6.45, 7) is 2.18. The molecule has 0 N–H and O–H groups in total. The smallest absolute Gasteiger partial charge is 0.387 e. The van der Waals surface area contributed by atoms with Gasteiger partial charge < -0.3 is 14.5 Å². The van der Waals surface area contributed by atoms with E-state index in [0.717, 1.165) is 0 Å². The molecule has 1 aliphatic heterocycles. The number of alkyl halides is 2. The summed E-state index contributed by atoms with van der Waals surface area (Å²) in [6.07, 6.45) is 0. The molecule has 0 atom stereocenters. The van der Waals surface area contributed by atoms with Gasteiger partial charge in [-0.05, 0) is 24.1 Å². The maximum absolute atomic E-state index is 13.4. The fourth-order valence-corrected chi connectivity index (χ4v) is 4.14. The molecular weight excluding hydrogens is 458 g/mol. The number of para-hydroxylation sites is 1. The number of hydrogen-bond acceptors (Lipinski definition) is 5. The number of amides is 2. The Balaban J connectivity index is 1.54. The van der Waals surface area contributed by atoms with Crippen molar-refractivity contribution in [3.8, 4) is 5.75 Å². The van der Waals surface area contributed by atoms with Crippen LogP contribution in [0, 0.1) is 5.92 Å². The summed E-state index contributed by atoms with van der Waals surface area (Å²) >= 11 is 0. The molecule has 4 rings (SSSR count). The molecule has 1 aromatic heterocycles. The standard InChI is InChI=1S/C25H26F2N4O4/c1-16(2)15-31-23(33)18-8-4-3-7-17(18)21(28-31)24(34)30-13-11-29(12-14-30)22(32)19-9-5-6-10-20(19)35-25(26)27/h3-10,16,25H,11-15H2,1-2H3. The summed E-state index contributed by atoms with van der Waals surface area (Å²) in [5, 5.41) is 5.31. The number of carbonyl (C=O) groups excluding carboxylic acids is 2. The quantitative estimate of drug-likeness (QED) is 0.536. The predicted octanol–water partition coefficient (Wildman–Crippen LogP) is 3.25. The van der Waals surface area contributed by atoms with Crippen LogP contribution in [0.15, 0.2) is 53.3 Å². The molecule has 10 heteroatoms. The van der Waals surface area contributed by atoms with Crippen LogP contribution in [0.25, 0.3) is 10.8 Å². The summed E-state index contributed by atoms with van der Waals surface area (Å²) in [5.41, 5.74) is -0.0109. The molecule has 2 aromatic carbocycles. The lowest BCUT2D eigenvalue weighted by Crippen LogP contribution is -2.51. The van der Waals surface area contributed by atoms with E-state index in [0.29, 0.717) is 17.3 Å². The molecule has 0 unspecified atom stereocenters. The van der Waals surface area contributed by atoms with Gasteiger partial charge in [0, 0.05) is 38.1 Å². The number of piperazine rings is 1. The van der Waals surface area contributed by atoms with Gasteiger partial charge in [-0.1, -0.05) is 44.2 Å². The maximum atomic E-state index is 13.4. The van der Waals surface area contributed by atoms with Crippen LogP contribution in [0.4, 0.5) is 8.78 Å². The van der Waals surface area contributed by atoms with Gasteiger partial charge in [0.2, 0.25) is 0 Å². The first kappa shape index (κ1) is 24.3. The molecule has 2 amide bonds. The number of ether oxygens (including phenoxy) is 1. The monoisotopic (exact) mass is 484 g/mol. The Morgan fingerprint density at radius 2 is 1.49 bits per heavy atom. The van der Waals surface area contributed by atoms with Crippen molar-refractivity contribution in [1.29, 1.82) is 0 Å². The van der Waals surface area contributed by atoms with Crippen molar-refractivity contribution in [2.24, 2.45) is 5.92 Å². The van der Waals surface area contributed by atoms with E-state index in [1.54, 1.807) is 35.2 Å². The summed E-state index contributed by atoms with van der Waals surface area (Å²) in [7, 11) is 0. The fraction of sp³-hybridized carbons (Fsp3) is 0.360. The average Bonchev–Trinajstić information content (AvgIpc) is 2.85. The highest BCUT2D eigenvalue weighted by Crippen LogP contribution is 2.23. The van der Waals surface area contributed by atoms with Gasteiger partial charge in [0.15, 0.2) is 5.69 Å². The second kappa shape index (κ2) is 10.2. The van der Waals surface area contributed by atoms with Gasteiger partial charge in [-0.25, -0.2) is 4.68 Å². The second-order valence-electron chi connectivity index (χ2n) is 8.73. The molecule has 2 heterocycles.